The van der Waals surface area contributed by atoms with Crippen molar-refractivity contribution in [1.82, 2.24) is 24.8 Å². The fourth-order valence-electron chi connectivity index (χ4n) is 3.21. The number of hydrogen-bond donors (Lipinski definition) is 1. The molecule has 1 saturated heterocycles. The smallest absolute Gasteiger partial charge is 0.277 e. The molecule has 3 aromatic rings. The minimum Gasteiger partial charge on any atom is -0.352 e. The lowest BCUT2D eigenvalue weighted by atomic mass is 10.2. The molecular weight excluding hydrogens is 382 g/mol. The van der Waals surface area contributed by atoms with Gasteiger partial charge in [0.1, 0.15) is 17.3 Å². The van der Waals surface area contributed by atoms with Gasteiger partial charge in [0.15, 0.2) is 5.69 Å². The molecule has 0 atom stereocenters. The van der Waals surface area contributed by atoms with Crippen LogP contribution in [0, 0.1) is 6.92 Å². The van der Waals surface area contributed by atoms with Gasteiger partial charge in [-0.2, -0.15) is 0 Å². The van der Waals surface area contributed by atoms with E-state index < -0.39 is 0 Å². The number of hydrogen-bond acceptors (Lipinski definition) is 7. The maximum atomic E-state index is 12.6. The van der Waals surface area contributed by atoms with Crippen LogP contribution in [0.1, 0.15) is 29.5 Å². The average Bonchev–Trinajstić information content (AvgIpc) is 2.80. The Labute approximate surface area is 176 Å². The van der Waals surface area contributed by atoms with E-state index in [1.807, 2.05) is 4.90 Å². The molecular formula is C21H25N7O2. The Morgan fingerprint density at radius 1 is 0.967 bits per heavy atom. The van der Waals surface area contributed by atoms with Gasteiger partial charge in [-0.3, -0.25) is 19.6 Å². The second-order valence-corrected chi connectivity index (χ2v) is 6.83. The average molecular weight is 407 g/mol. The summed E-state index contributed by atoms with van der Waals surface area (Å²) < 4.78 is 0. The highest BCUT2D eigenvalue weighted by Gasteiger charge is 2.24. The van der Waals surface area contributed by atoms with E-state index in [9.17, 15) is 9.59 Å². The summed E-state index contributed by atoms with van der Waals surface area (Å²) in [4.78, 5) is 46.1. The van der Waals surface area contributed by atoms with E-state index in [0.29, 0.717) is 49.2 Å². The fourth-order valence-corrected chi connectivity index (χ4v) is 3.21. The van der Waals surface area contributed by atoms with Crippen molar-refractivity contribution in [2.45, 2.75) is 6.92 Å². The highest BCUT2D eigenvalue weighted by atomic mass is 16.2. The number of pyridine rings is 2. The number of aryl methyl sites for hydroxylation is 1. The Morgan fingerprint density at radius 3 is 2.37 bits per heavy atom. The van der Waals surface area contributed by atoms with Crippen LogP contribution >= 0.6 is 0 Å². The van der Waals surface area contributed by atoms with Crippen molar-refractivity contribution in [1.29, 1.82) is 0 Å². The third-order valence-corrected chi connectivity index (χ3v) is 4.84. The van der Waals surface area contributed by atoms with Crippen LogP contribution in [0.25, 0.3) is 0 Å². The maximum Gasteiger partial charge on any atom is 0.277 e. The zero-order valence-electron chi connectivity index (χ0n) is 16.5. The van der Waals surface area contributed by atoms with Gasteiger partial charge in [-0.15, -0.1) is 0 Å². The molecule has 4 rings (SSSR count). The van der Waals surface area contributed by atoms with Crippen molar-refractivity contribution in [2.24, 2.45) is 0 Å². The van der Waals surface area contributed by atoms with Crippen LogP contribution in [0.15, 0.2) is 55.0 Å². The summed E-state index contributed by atoms with van der Waals surface area (Å²) in [7, 11) is 0. The second kappa shape index (κ2) is 8.64. The topological polar surface area (TPSA) is 104 Å². The van der Waals surface area contributed by atoms with Crippen LogP contribution in [-0.2, 0) is 0 Å². The summed E-state index contributed by atoms with van der Waals surface area (Å²) in [5.74, 6) is 0.623. The number of carbonyl (C=O) groups excluding carboxylic acids is 2. The second-order valence-electron chi connectivity index (χ2n) is 6.83. The molecule has 156 valence electrons. The number of nitrogens with one attached hydrogen (secondary N) is 1. The summed E-state index contributed by atoms with van der Waals surface area (Å²) in [5.41, 5.74) is 1.23. The Morgan fingerprint density at radius 2 is 1.70 bits per heavy atom. The summed E-state index contributed by atoms with van der Waals surface area (Å²) >= 11 is 0. The van der Waals surface area contributed by atoms with Gasteiger partial charge in [-0.25, -0.2) is 9.97 Å². The molecule has 0 aromatic carbocycles. The molecule has 1 aliphatic heterocycles. The molecule has 0 saturated carbocycles. The number of nitrogens with zero attached hydrogens (tertiary/aromatic N) is 6. The van der Waals surface area contributed by atoms with Crippen molar-refractivity contribution in [2.75, 3.05) is 36.4 Å². The lowest BCUT2D eigenvalue weighted by molar-refractivity contribution is 0.0740. The Hall–Kier alpha value is -3.88. The summed E-state index contributed by atoms with van der Waals surface area (Å²) in [6, 6.07) is 10.6. The standard InChI is InChI=1S/C21H21N7O2.2H2/c1-15-19(20(29)25-17-7-3-5-9-23-17)26-18(14-24-15)27-10-12-28(13-11-27)21(30)16-6-2-4-8-22-16;;/h2-9,14H,10-13H2,1H3,(H,23,25,29);2*1H. The third-order valence-electron chi connectivity index (χ3n) is 4.84. The van der Waals surface area contributed by atoms with Gasteiger partial charge >= 0.3 is 0 Å². The zero-order valence-corrected chi connectivity index (χ0v) is 16.5. The highest BCUT2D eigenvalue weighted by molar-refractivity contribution is 6.03. The highest BCUT2D eigenvalue weighted by Crippen LogP contribution is 2.17. The van der Waals surface area contributed by atoms with E-state index in [1.54, 1.807) is 66.8 Å². The monoisotopic (exact) mass is 407 g/mol. The van der Waals surface area contributed by atoms with Gasteiger partial charge < -0.3 is 15.1 Å². The summed E-state index contributed by atoms with van der Waals surface area (Å²) in [6.45, 7) is 4.02. The van der Waals surface area contributed by atoms with E-state index in [4.69, 9.17) is 0 Å². The molecule has 30 heavy (non-hydrogen) atoms. The van der Waals surface area contributed by atoms with Crippen LogP contribution in [0.5, 0.6) is 0 Å². The molecule has 3 aromatic heterocycles. The van der Waals surface area contributed by atoms with Crippen molar-refractivity contribution in [3.63, 3.8) is 0 Å². The zero-order chi connectivity index (χ0) is 20.9. The Kier molecular flexibility index (Phi) is 5.60. The first-order valence-corrected chi connectivity index (χ1v) is 9.63. The maximum absolute atomic E-state index is 12.6. The number of aromatic nitrogens is 4. The van der Waals surface area contributed by atoms with Crippen LogP contribution in [-0.4, -0.2) is 62.8 Å². The Bertz CT molecular complexity index is 1050. The largest absolute Gasteiger partial charge is 0.352 e. The van der Waals surface area contributed by atoms with Gasteiger partial charge in [0.05, 0.1) is 11.9 Å². The van der Waals surface area contributed by atoms with E-state index in [-0.39, 0.29) is 20.4 Å². The van der Waals surface area contributed by atoms with Gasteiger partial charge in [-0.05, 0) is 31.2 Å². The lowest BCUT2D eigenvalue weighted by Gasteiger charge is -2.35. The summed E-state index contributed by atoms with van der Waals surface area (Å²) in [5, 5.41) is 2.74. The van der Waals surface area contributed by atoms with E-state index in [1.165, 1.54) is 0 Å². The van der Waals surface area contributed by atoms with Crippen LogP contribution in [0.2, 0.25) is 0 Å². The van der Waals surface area contributed by atoms with E-state index in [2.05, 4.69) is 25.3 Å². The number of anilines is 2. The molecule has 0 spiro atoms. The van der Waals surface area contributed by atoms with Gasteiger partial charge in [0, 0.05) is 41.4 Å². The van der Waals surface area contributed by atoms with Crippen LogP contribution < -0.4 is 10.2 Å². The molecule has 0 radical (unpaired) electrons. The van der Waals surface area contributed by atoms with Gasteiger partial charge in [-0.1, -0.05) is 12.1 Å². The molecule has 0 unspecified atom stereocenters. The van der Waals surface area contributed by atoms with Crippen LogP contribution in [0.3, 0.4) is 0 Å². The number of amides is 2. The minimum atomic E-state index is -0.357. The predicted octanol–water partition coefficient (Wildman–Crippen LogP) is 2.28. The van der Waals surface area contributed by atoms with Crippen molar-refractivity contribution in [3.05, 3.63) is 72.1 Å². The van der Waals surface area contributed by atoms with Crippen molar-refractivity contribution >= 4 is 23.5 Å². The third kappa shape index (κ3) is 4.24. The molecule has 1 fully saturated rings. The van der Waals surface area contributed by atoms with E-state index >= 15 is 0 Å². The molecule has 1 aliphatic rings. The molecule has 9 nitrogen and oxygen atoms in total. The number of piperazine rings is 1. The minimum absolute atomic E-state index is 0. The SMILES string of the molecule is Cc1ncc(N2CCN(C(=O)c3ccccn3)CC2)nc1C(=O)Nc1ccccn1.[HH].[HH]. The number of rotatable bonds is 4. The van der Waals surface area contributed by atoms with Gasteiger partial charge in [0.2, 0.25) is 0 Å². The molecule has 9 heteroatoms. The molecule has 0 bridgehead atoms. The van der Waals surface area contributed by atoms with Crippen LogP contribution in [0.4, 0.5) is 11.6 Å². The molecule has 0 aliphatic carbocycles. The van der Waals surface area contributed by atoms with Crippen molar-refractivity contribution in [3.8, 4) is 0 Å². The normalized spacial score (nSPS) is 13.8. The predicted molar refractivity (Wildman–Crippen MR) is 116 cm³/mol. The molecule has 1 N–H and O–H groups in total. The number of carbonyl (C=O) groups is 2. The summed E-state index contributed by atoms with van der Waals surface area (Å²) in [6.07, 6.45) is 4.88. The molecule has 2 amide bonds. The first-order chi connectivity index (χ1) is 14.6. The quantitative estimate of drug-likeness (QED) is 0.707. The lowest BCUT2D eigenvalue weighted by Crippen LogP contribution is -2.49. The Balaban J connectivity index is 0.00000181. The molecule has 4 heterocycles. The first-order valence-electron chi connectivity index (χ1n) is 9.63. The van der Waals surface area contributed by atoms with Crippen molar-refractivity contribution < 1.29 is 12.4 Å². The van der Waals surface area contributed by atoms with E-state index in [0.717, 1.165) is 0 Å². The first kappa shape index (κ1) is 19.4. The van der Waals surface area contributed by atoms with Gasteiger partial charge in [0.25, 0.3) is 11.8 Å². The fraction of sp³-hybridized carbons (Fsp3) is 0.238.